The number of carbonyl (C=O) groups is 1. The third-order valence-corrected chi connectivity index (χ3v) is 2.93. The van der Waals surface area contributed by atoms with Crippen molar-refractivity contribution in [2.75, 3.05) is 0 Å². The number of aryl methyl sites for hydroxylation is 1. The van der Waals surface area contributed by atoms with Crippen LogP contribution in [0, 0.1) is 6.92 Å². The van der Waals surface area contributed by atoms with Gasteiger partial charge < -0.3 is 10.2 Å². The highest BCUT2D eigenvalue weighted by Crippen LogP contribution is 2.32. The number of rotatable bonds is 2. The van der Waals surface area contributed by atoms with Crippen LogP contribution in [0.1, 0.15) is 21.5 Å². The van der Waals surface area contributed by atoms with E-state index in [1.54, 1.807) is 12.1 Å². The molecule has 0 aliphatic carbocycles. The van der Waals surface area contributed by atoms with Crippen LogP contribution in [0.5, 0.6) is 11.5 Å². The SMILES string of the molecule is Cc1ccc(C(=O)c2cc(Cl)c(O)cc2O)cc1. The van der Waals surface area contributed by atoms with Gasteiger partial charge in [-0.1, -0.05) is 41.4 Å². The van der Waals surface area contributed by atoms with E-state index in [2.05, 4.69) is 0 Å². The molecule has 0 atom stereocenters. The summed E-state index contributed by atoms with van der Waals surface area (Å²) in [7, 11) is 0. The molecular weight excluding hydrogens is 252 g/mol. The number of phenols is 2. The van der Waals surface area contributed by atoms with Crippen molar-refractivity contribution in [2.24, 2.45) is 0 Å². The Morgan fingerprint density at radius 3 is 2.28 bits per heavy atom. The normalized spacial score (nSPS) is 10.3. The average Bonchev–Trinajstić information content (AvgIpc) is 2.34. The van der Waals surface area contributed by atoms with Crippen molar-refractivity contribution in [1.82, 2.24) is 0 Å². The Morgan fingerprint density at radius 2 is 1.67 bits per heavy atom. The monoisotopic (exact) mass is 262 g/mol. The number of hydrogen-bond acceptors (Lipinski definition) is 3. The van der Waals surface area contributed by atoms with Crippen molar-refractivity contribution < 1.29 is 15.0 Å². The van der Waals surface area contributed by atoms with E-state index >= 15 is 0 Å². The maximum Gasteiger partial charge on any atom is 0.196 e. The van der Waals surface area contributed by atoms with E-state index in [9.17, 15) is 15.0 Å². The Bertz CT molecular complexity index is 603. The summed E-state index contributed by atoms with van der Waals surface area (Å²) in [4.78, 5) is 12.1. The van der Waals surface area contributed by atoms with E-state index in [-0.39, 0.29) is 27.9 Å². The standard InChI is InChI=1S/C14H11ClO3/c1-8-2-4-9(5-3-8)14(18)10-6-11(15)13(17)7-12(10)16/h2-7,16-17H,1H3. The molecule has 0 aromatic heterocycles. The summed E-state index contributed by atoms with van der Waals surface area (Å²) >= 11 is 5.73. The first-order chi connectivity index (χ1) is 8.49. The van der Waals surface area contributed by atoms with Gasteiger partial charge in [-0.25, -0.2) is 0 Å². The van der Waals surface area contributed by atoms with Crippen LogP contribution in [0.25, 0.3) is 0 Å². The van der Waals surface area contributed by atoms with Gasteiger partial charge in [0, 0.05) is 11.6 Å². The summed E-state index contributed by atoms with van der Waals surface area (Å²) in [6, 6.07) is 9.30. The predicted molar refractivity (Wildman–Crippen MR) is 69.4 cm³/mol. The number of hydrogen-bond donors (Lipinski definition) is 2. The molecule has 0 radical (unpaired) electrons. The molecule has 0 amide bonds. The largest absolute Gasteiger partial charge is 0.507 e. The zero-order valence-corrected chi connectivity index (χ0v) is 10.4. The molecule has 3 nitrogen and oxygen atoms in total. The van der Waals surface area contributed by atoms with Gasteiger partial charge in [-0.05, 0) is 13.0 Å². The molecule has 0 aliphatic heterocycles. The van der Waals surface area contributed by atoms with Gasteiger partial charge in [-0.2, -0.15) is 0 Å². The first kappa shape index (κ1) is 12.5. The number of ketones is 1. The van der Waals surface area contributed by atoms with Crippen molar-refractivity contribution in [3.05, 3.63) is 58.1 Å². The second kappa shape index (κ2) is 4.70. The van der Waals surface area contributed by atoms with E-state index in [0.29, 0.717) is 5.56 Å². The highest BCUT2D eigenvalue weighted by Gasteiger charge is 2.16. The van der Waals surface area contributed by atoms with Gasteiger partial charge >= 0.3 is 0 Å². The molecule has 2 N–H and O–H groups in total. The van der Waals surface area contributed by atoms with Crippen LogP contribution in [-0.2, 0) is 0 Å². The summed E-state index contributed by atoms with van der Waals surface area (Å²) in [6.07, 6.45) is 0. The Hall–Kier alpha value is -2.00. The fraction of sp³-hybridized carbons (Fsp3) is 0.0714. The van der Waals surface area contributed by atoms with E-state index < -0.39 is 0 Å². The lowest BCUT2D eigenvalue weighted by Gasteiger charge is -2.06. The second-order valence-electron chi connectivity index (χ2n) is 4.02. The van der Waals surface area contributed by atoms with Crippen LogP contribution in [0.4, 0.5) is 0 Å². The maximum atomic E-state index is 12.1. The molecule has 0 unspecified atom stereocenters. The van der Waals surface area contributed by atoms with E-state index in [4.69, 9.17) is 11.6 Å². The molecule has 4 heteroatoms. The van der Waals surface area contributed by atoms with Crippen molar-refractivity contribution in [3.63, 3.8) is 0 Å². The molecule has 18 heavy (non-hydrogen) atoms. The van der Waals surface area contributed by atoms with Gasteiger partial charge in [0.05, 0.1) is 10.6 Å². The second-order valence-corrected chi connectivity index (χ2v) is 4.42. The van der Waals surface area contributed by atoms with Crippen LogP contribution in [-0.4, -0.2) is 16.0 Å². The Morgan fingerprint density at radius 1 is 1.06 bits per heavy atom. The van der Waals surface area contributed by atoms with E-state index in [0.717, 1.165) is 11.6 Å². The van der Waals surface area contributed by atoms with Crippen LogP contribution in [0.3, 0.4) is 0 Å². The predicted octanol–water partition coefficient (Wildman–Crippen LogP) is 3.29. The van der Waals surface area contributed by atoms with Crippen LogP contribution in [0.2, 0.25) is 5.02 Å². The van der Waals surface area contributed by atoms with Crippen molar-refractivity contribution >= 4 is 17.4 Å². The topological polar surface area (TPSA) is 57.5 Å². The van der Waals surface area contributed by atoms with Gasteiger partial charge in [0.15, 0.2) is 5.78 Å². The lowest BCUT2D eigenvalue weighted by atomic mass is 10.0. The molecular formula is C14H11ClO3. The van der Waals surface area contributed by atoms with Crippen LogP contribution in [0.15, 0.2) is 36.4 Å². The Balaban J connectivity index is 2.46. The third-order valence-electron chi connectivity index (χ3n) is 2.62. The van der Waals surface area contributed by atoms with Gasteiger partial charge in [0.2, 0.25) is 0 Å². The highest BCUT2D eigenvalue weighted by atomic mass is 35.5. The fourth-order valence-electron chi connectivity index (χ4n) is 1.59. The zero-order chi connectivity index (χ0) is 13.3. The molecule has 2 aromatic rings. The first-order valence-corrected chi connectivity index (χ1v) is 5.69. The minimum absolute atomic E-state index is 0.0308. The molecule has 92 valence electrons. The Kier molecular flexibility index (Phi) is 3.26. The number of phenolic OH excluding ortho intramolecular Hbond substituents is 2. The molecule has 0 saturated heterocycles. The van der Waals surface area contributed by atoms with Crippen LogP contribution >= 0.6 is 11.6 Å². The molecule has 0 heterocycles. The minimum Gasteiger partial charge on any atom is -0.507 e. The minimum atomic E-state index is -0.339. The number of carbonyl (C=O) groups excluding carboxylic acids is 1. The maximum absolute atomic E-state index is 12.1. The van der Waals surface area contributed by atoms with E-state index in [1.807, 2.05) is 19.1 Å². The molecule has 2 aromatic carbocycles. The molecule has 0 fully saturated rings. The Labute approximate surface area is 109 Å². The third kappa shape index (κ3) is 2.31. The lowest BCUT2D eigenvalue weighted by molar-refractivity contribution is 0.103. The quantitative estimate of drug-likeness (QED) is 0.817. The number of halogens is 1. The summed E-state index contributed by atoms with van der Waals surface area (Å²) in [6.45, 7) is 1.92. The van der Waals surface area contributed by atoms with Gasteiger partial charge in [-0.15, -0.1) is 0 Å². The number of aromatic hydroxyl groups is 2. The zero-order valence-electron chi connectivity index (χ0n) is 9.64. The van der Waals surface area contributed by atoms with Gasteiger partial charge in [0.25, 0.3) is 0 Å². The summed E-state index contributed by atoms with van der Waals surface area (Å²) in [5.74, 6) is -0.883. The molecule has 2 rings (SSSR count). The molecule has 0 bridgehead atoms. The molecule has 0 spiro atoms. The van der Waals surface area contributed by atoms with Crippen molar-refractivity contribution in [3.8, 4) is 11.5 Å². The molecule has 0 saturated carbocycles. The van der Waals surface area contributed by atoms with Crippen molar-refractivity contribution in [1.29, 1.82) is 0 Å². The van der Waals surface area contributed by atoms with Gasteiger partial charge in [0.1, 0.15) is 11.5 Å². The number of benzene rings is 2. The average molecular weight is 263 g/mol. The fourth-order valence-corrected chi connectivity index (χ4v) is 1.76. The molecule has 0 aliphatic rings. The van der Waals surface area contributed by atoms with Gasteiger partial charge in [-0.3, -0.25) is 4.79 Å². The summed E-state index contributed by atoms with van der Waals surface area (Å²) < 4.78 is 0. The summed E-state index contributed by atoms with van der Waals surface area (Å²) in [5, 5.41) is 19.0. The summed E-state index contributed by atoms with van der Waals surface area (Å²) in [5.41, 5.74) is 1.57. The van der Waals surface area contributed by atoms with Crippen LogP contribution < -0.4 is 0 Å². The van der Waals surface area contributed by atoms with Crippen molar-refractivity contribution in [2.45, 2.75) is 6.92 Å². The smallest absolute Gasteiger partial charge is 0.196 e. The first-order valence-electron chi connectivity index (χ1n) is 5.32. The van der Waals surface area contributed by atoms with E-state index in [1.165, 1.54) is 6.07 Å². The lowest BCUT2D eigenvalue weighted by Crippen LogP contribution is -2.01. The highest BCUT2D eigenvalue weighted by molar-refractivity contribution is 6.32.